The van der Waals surface area contributed by atoms with Crippen molar-refractivity contribution in [3.8, 4) is 5.75 Å². The molecule has 0 fully saturated rings. The predicted molar refractivity (Wildman–Crippen MR) is 75.0 cm³/mol. The van der Waals surface area contributed by atoms with Crippen molar-refractivity contribution >= 4 is 15.7 Å². The van der Waals surface area contributed by atoms with Gasteiger partial charge in [0.25, 0.3) is 10.0 Å². The Kier molecular flexibility index (Phi) is 3.76. The van der Waals surface area contributed by atoms with Crippen LogP contribution in [0.25, 0.3) is 0 Å². The fraction of sp³-hybridized carbons (Fsp3) is 0.143. The molecular weight excluding hydrogens is 262 g/mol. The van der Waals surface area contributed by atoms with Gasteiger partial charge in [0.05, 0.1) is 7.11 Å². The van der Waals surface area contributed by atoms with E-state index in [1.807, 2.05) is 13.0 Å². The van der Waals surface area contributed by atoms with E-state index in [4.69, 9.17) is 4.74 Å². The van der Waals surface area contributed by atoms with E-state index in [-0.39, 0.29) is 4.90 Å². The van der Waals surface area contributed by atoms with Crippen LogP contribution in [0.1, 0.15) is 5.56 Å². The summed E-state index contributed by atoms with van der Waals surface area (Å²) >= 11 is 0. The van der Waals surface area contributed by atoms with Crippen LogP contribution >= 0.6 is 0 Å². The Balaban J connectivity index is 2.40. The first kappa shape index (κ1) is 13.4. The third-order valence-electron chi connectivity index (χ3n) is 2.63. The molecule has 0 unspecified atom stereocenters. The molecule has 0 radical (unpaired) electrons. The highest BCUT2D eigenvalue weighted by molar-refractivity contribution is 7.92. The quantitative estimate of drug-likeness (QED) is 0.935. The molecule has 0 saturated carbocycles. The molecule has 0 aliphatic carbocycles. The first-order valence-corrected chi connectivity index (χ1v) is 7.24. The maximum absolute atomic E-state index is 12.3. The second-order valence-electron chi connectivity index (χ2n) is 4.13. The summed E-state index contributed by atoms with van der Waals surface area (Å²) in [5, 5.41) is 0. The Morgan fingerprint density at radius 3 is 2.37 bits per heavy atom. The standard InChI is InChI=1S/C14H15NO3S/c1-11-8-9-14(13(10-11)18-2)19(16,17)15-12-6-4-3-5-7-12/h3-10,15H,1-2H3. The van der Waals surface area contributed by atoms with Gasteiger partial charge in [-0.1, -0.05) is 24.3 Å². The highest BCUT2D eigenvalue weighted by atomic mass is 32.2. The second kappa shape index (κ2) is 5.32. The van der Waals surface area contributed by atoms with Gasteiger partial charge in [0.2, 0.25) is 0 Å². The minimum atomic E-state index is -3.65. The molecular formula is C14H15NO3S. The van der Waals surface area contributed by atoms with Gasteiger partial charge in [0.15, 0.2) is 0 Å². The molecule has 5 heteroatoms. The van der Waals surface area contributed by atoms with Crippen molar-refractivity contribution in [1.82, 2.24) is 0 Å². The van der Waals surface area contributed by atoms with E-state index in [1.165, 1.54) is 7.11 Å². The van der Waals surface area contributed by atoms with E-state index in [9.17, 15) is 8.42 Å². The zero-order chi connectivity index (χ0) is 13.9. The lowest BCUT2D eigenvalue weighted by Crippen LogP contribution is -2.14. The van der Waals surface area contributed by atoms with Gasteiger partial charge in [-0.15, -0.1) is 0 Å². The fourth-order valence-corrected chi connectivity index (χ4v) is 2.92. The molecule has 0 aliphatic heterocycles. The van der Waals surface area contributed by atoms with Crippen molar-refractivity contribution in [2.75, 3.05) is 11.8 Å². The summed E-state index contributed by atoms with van der Waals surface area (Å²) < 4.78 is 32.3. The van der Waals surface area contributed by atoms with E-state index in [0.29, 0.717) is 11.4 Å². The van der Waals surface area contributed by atoms with Crippen LogP contribution < -0.4 is 9.46 Å². The SMILES string of the molecule is COc1cc(C)ccc1S(=O)(=O)Nc1ccccc1. The van der Waals surface area contributed by atoms with Crippen LogP contribution in [0.4, 0.5) is 5.69 Å². The summed E-state index contributed by atoms with van der Waals surface area (Å²) in [7, 11) is -2.19. The molecule has 0 saturated heterocycles. The summed E-state index contributed by atoms with van der Waals surface area (Å²) in [4.78, 5) is 0.129. The average molecular weight is 277 g/mol. The minimum absolute atomic E-state index is 0.129. The molecule has 0 atom stereocenters. The molecule has 0 aliphatic rings. The Hall–Kier alpha value is -2.01. The van der Waals surface area contributed by atoms with Gasteiger partial charge in [-0.2, -0.15) is 0 Å². The lowest BCUT2D eigenvalue weighted by atomic mass is 10.2. The Bertz CT molecular complexity index is 666. The number of hydrogen-bond acceptors (Lipinski definition) is 3. The molecule has 0 aromatic heterocycles. The number of methoxy groups -OCH3 is 1. The number of anilines is 1. The number of ether oxygens (including phenoxy) is 1. The Morgan fingerprint density at radius 2 is 1.74 bits per heavy atom. The van der Waals surface area contributed by atoms with E-state index in [2.05, 4.69) is 4.72 Å². The summed E-state index contributed by atoms with van der Waals surface area (Å²) in [6.45, 7) is 1.88. The van der Waals surface area contributed by atoms with Crippen LogP contribution in [-0.2, 0) is 10.0 Å². The average Bonchev–Trinajstić information content (AvgIpc) is 2.38. The molecule has 19 heavy (non-hydrogen) atoms. The molecule has 2 rings (SSSR count). The van der Waals surface area contributed by atoms with Crippen molar-refractivity contribution in [2.24, 2.45) is 0 Å². The number of para-hydroxylation sites is 1. The normalized spacial score (nSPS) is 11.1. The molecule has 2 aromatic rings. The van der Waals surface area contributed by atoms with Crippen molar-refractivity contribution in [2.45, 2.75) is 11.8 Å². The number of benzene rings is 2. The van der Waals surface area contributed by atoms with Gasteiger partial charge in [0, 0.05) is 5.69 Å². The molecule has 0 bridgehead atoms. The molecule has 4 nitrogen and oxygen atoms in total. The zero-order valence-corrected chi connectivity index (χ0v) is 11.6. The Labute approximate surface area is 113 Å². The fourth-order valence-electron chi connectivity index (χ4n) is 1.71. The van der Waals surface area contributed by atoms with E-state index < -0.39 is 10.0 Å². The topological polar surface area (TPSA) is 55.4 Å². The predicted octanol–water partition coefficient (Wildman–Crippen LogP) is 2.80. The number of nitrogens with one attached hydrogen (secondary N) is 1. The minimum Gasteiger partial charge on any atom is -0.495 e. The number of rotatable bonds is 4. The van der Waals surface area contributed by atoms with Crippen molar-refractivity contribution in [3.63, 3.8) is 0 Å². The van der Waals surface area contributed by atoms with Crippen molar-refractivity contribution in [3.05, 3.63) is 54.1 Å². The zero-order valence-electron chi connectivity index (χ0n) is 10.8. The lowest BCUT2D eigenvalue weighted by Gasteiger charge is -2.12. The lowest BCUT2D eigenvalue weighted by molar-refractivity contribution is 0.402. The smallest absolute Gasteiger partial charge is 0.265 e. The molecule has 0 spiro atoms. The number of sulfonamides is 1. The molecule has 100 valence electrons. The summed E-state index contributed by atoms with van der Waals surface area (Å²) in [5.74, 6) is 0.337. The van der Waals surface area contributed by atoms with Gasteiger partial charge in [-0.25, -0.2) is 8.42 Å². The molecule has 0 heterocycles. The van der Waals surface area contributed by atoms with E-state index in [0.717, 1.165) is 5.56 Å². The second-order valence-corrected chi connectivity index (χ2v) is 5.78. The van der Waals surface area contributed by atoms with Gasteiger partial charge >= 0.3 is 0 Å². The largest absolute Gasteiger partial charge is 0.495 e. The van der Waals surface area contributed by atoms with Crippen LogP contribution in [-0.4, -0.2) is 15.5 Å². The summed E-state index contributed by atoms with van der Waals surface area (Å²) in [6, 6.07) is 13.7. The summed E-state index contributed by atoms with van der Waals surface area (Å²) in [5.41, 5.74) is 1.46. The third-order valence-corrected chi connectivity index (χ3v) is 4.06. The monoisotopic (exact) mass is 277 g/mol. The number of hydrogen-bond donors (Lipinski definition) is 1. The van der Waals surface area contributed by atoms with Gasteiger partial charge in [0.1, 0.15) is 10.6 Å². The molecule has 1 N–H and O–H groups in total. The van der Waals surface area contributed by atoms with Gasteiger partial charge < -0.3 is 4.74 Å². The number of aryl methyl sites for hydroxylation is 1. The van der Waals surface area contributed by atoms with Crippen LogP contribution in [0.3, 0.4) is 0 Å². The maximum atomic E-state index is 12.3. The summed E-state index contributed by atoms with van der Waals surface area (Å²) in [6.07, 6.45) is 0. The van der Waals surface area contributed by atoms with Crippen molar-refractivity contribution in [1.29, 1.82) is 0 Å². The highest BCUT2D eigenvalue weighted by Gasteiger charge is 2.19. The molecule has 2 aromatic carbocycles. The van der Waals surface area contributed by atoms with Crippen LogP contribution in [0.15, 0.2) is 53.4 Å². The van der Waals surface area contributed by atoms with Crippen LogP contribution in [0, 0.1) is 6.92 Å². The molecule has 0 amide bonds. The van der Waals surface area contributed by atoms with Crippen LogP contribution in [0.2, 0.25) is 0 Å². The van der Waals surface area contributed by atoms with Gasteiger partial charge in [-0.3, -0.25) is 4.72 Å². The Morgan fingerprint density at radius 1 is 1.05 bits per heavy atom. The first-order chi connectivity index (χ1) is 9.03. The van der Waals surface area contributed by atoms with Gasteiger partial charge in [-0.05, 0) is 36.8 Å². The maximum Gasteiger partial charge on any atom is 0.265 e. The van der Waals surface area contributed by atoms with Crippen LogP contribution in [0.5, 0.6) is 5.75 Å². The van der Waals surface area contributed by atoms with Crippen molar-refractivity contribution < 1.29 is 13.2 Å². The third kappa shape index (κ3) is 3.06. The van der Waals surface area contributed by atoms with E-state index in [1.54, 1.807) is 42.5 Å². The first-order valence-electron chi connectivity index (χ1n) is 5.75. The highest BCUT2D eigenvalue weighted by Crippen LogP contribution is 2.26. The van der Waals surface area contributed by atoms with E-state index >= 15 is 0 Å².